The van der Waals surface area contributed by atoms with E-state index in [1.54, 1.807) is 25.1 Å². The van der Waals surface area contributed by atoms with Crippen molar-refractivity contribution in [3.63, 3.8) is 0 Å². The fraction of sp³-hybridized carbons (Fsp3) is 0.385. The van der Waals surface area contributed by atoms with E-state index < -0.39 is 5.63 Å². The molecule has 3 aromatic rings. The molecule has 7 nitrogen and oxygen atoms in total. The Morgan fingerprint density at radius 3 is 2.55 bits per heavy atom. The molecule has 2 aromatic carbocycles. The molecule has 0 atom stereocenters. The van der Waals surface area contributed by atoms with E-state index in [1.807, 2.05) is 19.1 Å². The molecule has 1 aromatic heterocycles. The van der Waals surface area contributed by atoms with Gasteiger partial charge in [0, 0.05) is 55.8 Å². The molecule has 1 saturated heterocycles. The Labute approximate surface area is 193 Å². The fourth-order valence-electron chi connectivity index (χ4n) is 4.21. The largest absolute Gasteiger partial charge is 0.497 e. The summed E-state index contributed by atoms with van der Waals surface area (Å²) < 4.78 is 16.1. The number of morpholine rings is 1. The van der Waals surface area contributed by atoms with Gasteiger partial charge in [0.05, 0.1) is 20.3 Å². The first-order chi connectivity index (χ1) is 16.0. The van der Waals surface area contributed by atoms with Gasteiger partial charge < -0.3 is 23.7 Å². The molecule has 0 radical (unpaired) electrons. The molecule has 0 N–H and O–H groups in total. The first-order valence-corrected chi connectivity index (χ1v) is 11.2. The minimum atomic E-state index is -0.401. The molecule has 1 amide bonds. The van der Waals surface area contributed by atoms with Crippen LogP contribution < -0.4 is 15.3 Å². The smallest absolute Gasteiger partial charge is 0.339 e. The third-order valence-corrected chi connectivity index (χ3v) is 6.24. The molecule has 0 saturated carbocycles. The summed E-state index contributed by atoms with van der Waals surface area (Å²) in [6.07, 6.45) is 0.588. The van der Waals surface area contributed by atoms with Crippen LogP contribution in [0.25, 0.3) is 11.0 Å². The number of anilines is 1. The second-order valence-electron chi connectivity index (χ2n) is 8.37. The fourth-order valence-corrected chi connectivity index (χ4v) is 4.21. The molecule has 0 unspecified atom stereocenters. The number of fused-ring (bicyclic) bond motifs is 1. The van der Waals surface area contributed by atoms with Crippen LogP contribution >= 0.6 is 0 Å². The molecule has 0 aliphatic carbocycles. The van der Waals surface area contributed by atoms with Crippen molar-refractivity contribution in [2.45, 2.75) is 26.3 Å². The van der Waals surface area contributed by atoms with Crippen molar-refractivity contribution >= 4 is 22.6 Å². The van der Waals surface area contributed by atoms with Crippen LogP contribution in [0, 0.1) is 6.92 Å². The summed E-state index contributed by atoms with van der Waals surface area (Å²) in [5.74, 6) is 0.619. The minimum Gasteiger partial charge on any atom is -0.497 e. The van der Waals surface area contributed by atoms with E-state index in [-0.39, 0.29) is 12.3 Å². The molecule has 33 heavy (non-hydrogen) atoms. The maximum Gasteiger partial charge on any atom is 0.339 e. The van der Waals surface area contributed by atoms with Gasteiger partial charge in [-0.25, -0.2) is 4.79 Å². The van der Waals surface area contributed by atoms with E-state index in [2.05, 4.69) is 29.2 Å². The highest BCUT2D eigenvalue weighted by molar-refractivity contribution is 5.82. The summed E-state index contributed by atoms with van der Waals surface area (Å²) >= 11 is 0. The second-order valence-corrected chi connectivity index (χ2v) is 8.37. The lowest BCUT2D eigenvalue weighted by molar-refractivity contribution is -0.130. The molecular formula is C26H30N2O5. The first-order valence-electron chi connectivity index (χ1n) is 11.2. The van der Waals surface area contributed by atoms with Gasteiger partial charge in [-0.15, -0.1) is 0 Å². The summed E-state index contributed by atoms with van der Waals surface area (Å²) in [6.45, 7) is 5.71. The van der Waals surface area contributed by atoms with Gasteiger partial charge >= 0.3 is 5.63 Å². The molecule has 1 fully saturated rings. The number of hydrogen-bond donors (Lipinski definition) is 0. The first kappa shape index (κ1) is 22.9. The Morgan fingerprint density at radius 1 is 1.12 bits per heavy atom. The van der Waals surface area contributed by atoms with Crippen LogP contribution in [0.5, 0.6) is 5.75 Å². The van der Waals surface area contributed by atoms with Crippen molar-refractivity contribution in [3.8, 4) is 5.75 Å². The van der Waals surface area contributed by atoms with Crippen molar-refractivity contribution in [2.75, 3.05) is 45.4 Å². The molecule has 0 spiro atoms. The van der Waals surface area contributed by atoms with Gasteiger partial charge in [0.15, 0.2) is 0 Å². The van der Waals surface area contributed by atoms with Gasteiger partial charge in [0.25, 0.3) is 0 Å². The zero-order valence-electron chi connectivity index (χ0n) is 19.4. The van der Waals surface area contributed by atoms with E-state index in [1.165, 1.54) is 5.69 Å². The maximum absolute atomic E-state index is 12.8. The van der Waals surface area contributed by atoms with Crippen LogP contribution in [0.2, 0.25) is 0 Å². The van der Waals surface area contributed by atoms with Gasteiger partial charge in [-0.1, -0.05) is 12.1 Å². The third-order valence-electron chi connectivity index (χ3n) is 6.24. The average Bonchev–Trinajstić information content (AvgIpc) is 2.84. The molecule has 7 heteroatoms. The average molecular weight is 451 g/mol. The minimum absolute atomic E-state index is 0.0131. The number of carbonyl (C=O) groups is 1. The predicted octanol–water partition coefficient (Wildman–Crippen LogP) is 3.54. The van der Waals surface area contributed by atoms with Crippen molar-refractivity contribution in [3.05, 3.63) is 69.6 Å². The highest BCUT2D eigenvalue weighted by Gasteiger charge is 2.16. The molecule has 2 heterocycles. The summed E-state index contributed by atoms with van der Waals surface area (Å²) in [7, 11) is 3.36. The lowest BCUT2D eigenvalue weighted by Gasteiger charge is -2.29. The topological polar surface area (TPSA) is 72.2 Å². The summed E-state index contributed by atoms with van der Waals surface area (Å²) in [5.41, 5.74) is 3.72. The van der Waals surface area contributed by atoms with Gasteiger partial charge in [0.2, 0.25) is 5.91 Å². The van der Waals surface area contributed by atoms with Gasteiger partial charge in [-0.3, -0.25) is 4.79 Å². The normalized spacial score (nSPS) is 13.8. The van der Waals surface area contributed by atoms with Gasteiger partial charge in [0.1, 0.15) is 11.3 Å². The van der Waals surface area contributed by atoms with Crippen molar-refractivity contribution in [1.29, 1.82) is 0 Å². The van der Waals surface area contributed by atoms with Crippen LogP contribution in [0.15, 0.2) is 51.7 Å². The molecule has 1 aliphatic rings. The summed E-state index contributed by atoms with van der Waals surface area (Å²) in [6, 6.07) is 13.7. The number of ether oxygens (including phenoxy) is 2. The third kappa shape index (κ3) is 5.20. The van der Waals surface area contributed by atoms with Crippen molar-refractivity contribution < 1.29 is 18.7 Å². The Kier molecular flexibility index (Phi) is 6.99. The van der Waals surface area contributed by atoms with Crippen LogP contribution in [0.1, 0.15) is 23.1 Å². The number of hydrogen-bond acceptors (Lipinski definition) is 6. The van der Waals surface area contributed by atoms with E-state index in [0.717, 1.165) is 42.8 Å². The van der Waals surface area contributed by atoms with E-state index in [4.69, 9.17) is 13.9 Å². The van der Waals surface area contributed by atoms with Crippen LogP contribution in [0.3, 0.4) is 0 Å². The van der Waals surface area contributed by atoms with Crippen molar-refractivity contribution in [2.24, 2.45) is 0 Å². The van der Waals surface area contributed by atoms with Crippen molar-refractivity contribution in [1.82, 2.24) is 4.90 Å². The van der Waals surface area contributed by atoms with Gasteiger partial charge in [-0.05, 0) is 48.7 Å². The van der Waals surface area contributed by atoms with Crippen LogP contribution in [-0.4, -0.2) is 51.3 Å². The zero-order valence-corrected chi connectivity index (χ0v) is 19.4. The predicted molar refractivity (Wildman–Crippen MR) is 128 cm³/mol. The number of aryl methyl sites for hydroxylation is 1. The Hall–Kier alpha value is -3.32. The van der Waals surface area contributed by atoms with E-state index >= 15 is 0 Å². The number of benzene rings is 2. The second kappa shape index (κ2) is 10.1. The van der Waals surface area contributed by atoms with E-state index in [9.17, 15) is 9.59 Å². The number of carbonyl (C=O) groups excluding carboxylic acids is 1. The van der Waals surface area contributed by atoms with Crippen LogP contribution in [0.4, 0.5) is 5.69 Å². The Morgan fingerprint density at radius 2 is 1.85 bits per heavy atom. The SMILES string of the molecule is COc1ccc2c(C)c(CCC(=O)N(C)Cc3ccc(N4CCOCC4)cc3)c(=O)oc2c1. The number of methoxy groups -OCH3 is 1. The Balaban J connectivity index is 1.38. The molecule has 1 aliphatic heterocycles. The molecule has 4 rings (SSSR count). The number of amides is 1. The molecule has 0 bridgehead atoms. The van der Waals surface area contributed by atoms with Crippen LogP contribution in [-0.2, 0) is 22.5 Å². The lowest BCUT2D eigenvalue weighted by Crippen LogP contribution is -2.36. The molecular weight excluding hydrogens is 420 g/mol. The molecule has 174 valence electrons. The van der Waals surface area contributed by atoms with E-state index in [0.29, 0.717) is 29.9 Å². The quantitative estimate of drug-likeness (QED) is 0.513. The lowest BCUT2D eigenvalue weighted by atomic mass is 10.0. The van der Waals surface area contributed by atoms with Gasteiger partial charge in [-0.2, -0.15) is 0 Å². The monoisotopic (exact) mass is 450 g/mol. The highest BCUT2D eigenvalue weighted by Crippen LogP contribution is 2.24. The maximum atomic E-state index is 12.8. The standard InChI is InChI=1S/C26H30N2O5/c1-18-22-9-8-21(31-3)16-24(22)33-26(30)23(18)10-11-25(29)27(2)17-19-4-6-20(7-5-19)28-12-14-32-15-13-28/h4-9,16H,10-15,17H2,1-3H3. The summed E-state index contributed by atoms with van der Waals surface area (Å²) in [5, 5.41) is 0.853. The Bertz CT molecular complexity index is 1180. The summed E-state index contributed by atoms with van der Waals surface area (Å²) in [4.78, 5) is 29.3. The number of rotatable bonds is 7. The highest BCUT2D eigenvalue weighted by atomic mass is 16.5. The zero-order chi connectivity index (χ0) is 23.4. The number of nitrogens with zero attached hydrogens (tertiary/aromatic N) is 2.